The molecule has 0 atom stereocenters. The summed E-state index contributed by atoms with van der Waals surface area (Å²) in [7, 11) is 0. The molecule has 3 heterocycles. The Labute approximate surface area is 159 Å². The first-order valence-electron chi connectivity index (χ1n) is 8.75. The van der Waals surface area contributed by atoms with Gasteiger partial charge in [0, 0.05) is 26.2 Å². The van der Waals surface area contributed by atoms with Gasteiger partial charge in [-0.2, -0.15) is 0 Å². The highest BCUT2D eigenvalue weighted by molar-refractivity contribution is 7.17. The number of para-hydroxylation sites is 1. The normalized spacial score (nSPS) is 14.7. The number of rotatable bonds is 3. The van der Waals surface area contributed by atoms with Crippen LogP contribution in [-0.2, 0) is 11.3 Å². The molecule has 4 rings (SSSR count). The third-order valence-electron chi connectivity index (χ3n) is 4.85. The van der Waals surface area contributed by atoms with Crippen LogP contribution in [0.1, 0.15) is 5.56 Å². The van der Waals surface area contributed by atoms with E-state index in [4.69, 9.17) is 0 Å². The fourth-order valence-electron chi connectivity index (χ4n) is 3.32. The largest absolute Gasteiger partial charge is 0.366 e. The van der Waals surface area contributed by atoms with Gasteiger partial charge in [-0.05, 0) is 30.0 Å². The van der Waals surface area contributed by atoms with E-state index in [1.54, 1.807) is 23.1 Å². The Kier molecular flexibility index (Phi) is 4.65. The molecule has 0 spiro atoms. The van der Waals surface area contributed by atoms with Gasteiger partial charge in [-0.3, -0.25) is 14.2 Å². The zero-order valence-electron chi connectivity index (χ0n) is 14.9. The Morgan fingerprint density at radius 2 is 1.96 bits per heavy atom. The number of anilines is 1. The molecule has 1 aliphatic rings. The maximum Gasteiger partial charge on any atom is 0.271 e. The molecule has 8 heteroatoms. The number of hydrogen-bond donors (Lipinski definition) is 0. The smallest absolute Gasteiger partial charge is 0.271 e. The van der Waals surface area contributed by atoms with E-state index in [0.29, 0.717) is 42.1 Å². The number of carbonyl (C=O) groups excluding carboxylic acids is 1. The summed E-state index contributed by atoms with van der Waals surface area (Å²) >= 11 is 1.35. The summed E-state index contributed by atoms with van der Waals surface area (Å²) in [5.74, 6) is -0.380. The van der Waals surface area contributed by atoms with Crippen LogP contribution in [0.2, 0.25) is 0 Å². The molecule has 1 aliphatic heterocycles. The predicted molar refractivity (Wildman–Crippen MR) is 104 cm³/mol. The van der Waals surface area contributed by atoms with E-state index in [9.17, 15) is 14.0 Å². The number of nitrogens with zero attached hydrogens (tertiary/aromatic N) is 4. The maximum absolute atomic E-state index is 13.9. The van der Waals surface area contributed by atoms with E-state index < -0.39 is 0 Å². The molecular formula is C19H19FN4O2S. The van der Waals surface area contributed by atoms with Crippen LogP contribution in [0.5, 0.6) is 0 Å². The zero-order valence-corrected chi connectivity index (χ0v) is 15.7. The molecule has 1 aromatic carbocycles. The van der Waals surface area contributed by atoms with E-state index in [1.165, 1.54) is 28.3 Å². The number of hydrogen-bond acceptors (Lipinski definition) is 5. The molecule has 1 amide bonds. The highest BCUT2D eigenvalue weighted by Crippen LogP contribution is 2.21. The number of aryl methyl sites for hydroxylation is 1. The summed E-state index contributed by atoms with van der Waals surface area (Å²) in [6.07, 6.45) is 1.44. The zero-order chi connectivity index (χ0) is 19.0. The molecule has 2 aromatic heterocycles. The summed E-state index contributed by atoms with van der Waals surface area (Å²) in [4.78, 5) is 33.1. The third-order valence-corrected chi connectivity index (χ3v) is 5.93. The van der Waals surface area contributed by atoms with Gasteiger partial charge in [0.25, 0.3) is 5.56 Å². The van der Waals surface area contributed by atoms with Crippen LogP contribution in [0.15, 0.2) is 40.8 Å². The molecule has 1 fully saturated rings. The van der Waals surface area contributed by atoms with Gasteiger partial charge in [-0.25, -0.2) is 9.37 Å². The number of carbonyl (C=O) groups is 1. The number of benzene rings is 1. The van der Waals surface area contributed by atoms with Gasteiger partial charge >= 0.3 is 0 Å². The van der Waals surface area contributed by atoms with E-state index >= 15 is 0 Å². The van der Waals surface area contributed by atoms with Gasteiger partial charge in [0.1, 0.15) is 17.1 Å². The Balaban J connectivity index is 1.44. The minimum atomic E-state index is -0.255. The maximum atomic E-state index is 13.9. The number of fused-ring (bicyclic) bond motifs is 1. The van der Waals surface area contributed by atoms with Crippen molar-refractivity contribution in [1.82, 2.24) is 14.5 Å². The molecule has 0 saturated carbocycles. The molecule has 0 bridgehead atoms. The lowest BCUT2D eigenvalue weighted by atomic mass is 10.2. The molecule has 0 radical (unpaired) electrons. The van der Waals surface area contributed by atoms with Gasteiger partial charge in [0.2, 0.25) is 5.91 Å². The second-order valence-corrected chi connectivity index (χ2v) is 7.47. The molecule has 3 aromatic rings. The van der Waals surface area contributed by atoms with Crippen LogP contribution in [-0.4, -0.2) is 46.5 Å². The molecule has 140 valence electrons. The summed E-state index contributed by atoms with van der Waals surface area (Å²) in [6, 6.07) is 6.65. The summed E-state index contributed by atoms with van der Waals surface area (Å²) in [5.41, 5.74) is 2.04. The Morgan fingerprint density at radius 3 is 2.70 bits per heavy atom. The van der Waals surface area contributed by atoms with Crippen molar-refractivity contribution in [2.75, 3.05) is 31.1 Å². The van der Waals surface area contributed by atoms with E-state index in [1.807, 2.05) is 17.2 Å². The molecular weight excluding hydrogens is 367 g/mol. The second kappa shape index (κ2) is 7.11. The van der Waals surface area contributed by atoms with Crippen LogP contribution in [0.3, 0.4) is 0 Å². The van der Waals surface area contributed by atoms with Gasteiger partial charge in [-0.1, -0.05) is 12.1 Å². The fraction of sp³-hybridized carbons (Fsp3) is 0.316. The van der Waals surface area contributed by atoms with Crippen molar-refractivity contribution >= 4 is 33.1 Å². The minimum Gasteiger partial charge on any atom is -0.366 e. The number of amides is 1. The van der Waals surface area contributed by atoms with Crippen molar-refractivity contribution in [1.29, 1.82) is 0 Å². The van der Waals surface area contributed by atoms with Crippen molar-refractivity contribution in [3.8, 4) is 0 Å². The lowest BCUT2D eigenvalue weighted by molar-refractivity contribution is -0.132. The number of thiophene rings is 1. The van der Waals surface area contributed by atoms with E-state index in [0.717, 1.165) is 5.56 Å². The first-order valence-corrected chi connectivity index (χ1v) is 9.63. The quantitative estimate of drug-likeness (QED) is 0.693. The average Bonchev–Trinajstić information content (AvgIpc) is 3.06. The van der Waals surface area contributed by atoms with E-state index in [-0.39, 0.29) is 23.8 Å². The van der Waals surface area contributed by atoms with Gasteiger partial charge in [0.15, 0.2) is 0 Å². The van der Waals surface area contributed by atoms with Crippen molar-refractivity contribution in [3.05, 3.63) is 57.7 Å². The first-order chi connectivity index (χ1) is 13.0. The summed E-state index contributed by atoms with van der Waals surface area (Å²) in [6.45, 7) is 3.99. The molecule has 0 N–H and O–H groups in total. The second-order valence-electron chi connectivity index (χ2n) is 6.59. The summed E-state index contributed by atoms with van der Waals surface area (Å²) in [5, 5.41) is 1.90. The van der Waals surface area contributed by atoms with Crippen LogP contribution < -0.4 is 10.5 Å². The van der Waals surface area contributed by atoms with Crippen molar-refractivity contribution in [3.63, 3.8) is 0 Å². The Hall–Kier alpha value is -2.74. The lowest BCUT2D eigenvalue weighted by Gasteiger charge is -2.36. The molecule has 0 aliphatic carbocycles. The van der Waals surface area contributed by atoms with Crippen LogP contribution in [0.25, 0.3) is 10.2 Å². The minimum absolute atomic E-state index is 0.0293. The van der Waals surface area contributed by atoms with Crippen molar-refractivity contribution in [2.45, 2.75) is 13.5 Å². The molecule has 0 unspecified atom stereocenters. The third kappa shape index (κ3) is 3.32. The highest BCUT2D eigenvalue weighted by Gasteiger charge is 2.23. The Bertz CT molecular complexity index is 1050. The predicted octanol–water partition coefficient (Wildman–Crippen LogP) is 2.25. The highest BCUT2D eigenvalue weighted by atomic mass is 32.1. The number of aromatic nitrogens is 2. The number of piperazine rings is 1. The SMILES string of the molecule is Cc1csc2c(=O)n(CC(=O)N3CCN(c4ccccc4F)CC3)cnc12. The fourth-order valence-corrected chi connectivity index (χ4v) is 4.27. The molecule has 6 nitrogen and oxygen atoms in total. The lowest BCUT2D eigenvalue weighted by Crippen LogP contribution is -2.50. The standard InChI is InChI=1S/C19H19FN4O2S/c1-13-11-27-18-17(13)21-12-24(19(18)26)10-16(25)23-8-6-22(7-9-23)15-5-3-2-4-14(15)20/h2-5,11-12H,6-10H2,1H3. The molecule has 1 saturated heterocycles. The molecule has 27 heavy (non-hydrogen) atoms. The van der Waals surface area contributed by atoms with Crippen LogP contribution in [0.4, 0.5) is 10.1 Å². The monoisotopic (exact) mass is 386 g/mol. The van der Waals surface area contributed by atoms with Crippen LogP contribution >= 0.6 is 11.3 Å². The van der Waals surface area contributed by atoms with Crippen molar-refractivity contribution in [2.24, 2.45) is 0 Å². The first kappa shape index (κ1) is 17.7. The van der Waals surface area contributed by atoms with Crippen molar-refractivity contribution < 1.29 is 9.18 Å². The topological polar surface area (TPSA) is 58.4 Å². The van der Waals surface area contributed by atoms with Gasteiger partial charge in [-0.15, -0.1) is 11.3 Å². The van der Waals surface area contributed by atoms with Crippen LogP contribution in [0, 0.1) is 12.7 Å². The average molecular weight is 386 g/mol. The van der Waals surface area contributed by atoms with Gasteiger partial charge in [0.05, 0.1) is 17.5 Å². The Morgan fingerprint density at radius 1 is 1.22 bits per heavy atom. The van der Waals surface area contributed by atoms with Gasteiger partial charge < -0.3 is 9.80 Å². The summed E-state index contributed by atoms with van der Waals surface area (Å²) < 4.78 is 15.9. The number of halogens is 1. The van der Waals surface area contributed by atoms with E-state index in [2.05, 4.69) is 4.98 Å².